The van der Waals surface area contributed by atoms with Crippen LogP contribution in [-0.2, 0) is 14.3 Å². The van der Waals surface area contributed by atoms with Gasteiger partial charge in [0, 0.05) is 24.0 Å². The molecule has 0 amide bonds. The van der Waals surface area contributed by atoms with Gasteiger partial charge in [0.2, 0.25) is 5.78 Å². The molecule has 2 fully saturated rings. The molecule has 5 N–H and O–H groups in total. The van der Waals surface area contributed by atoms with E-state index in [1.54, 1.807) is 6.92 Å². The lowest BCUT2D eigenvalue weighted by Gasteiger charge is -2.56. The van der Waals surface area contributed by atoms with E-state index in [1.165, 1.54) is 31.2 Å². The first kappa shape index (κ1) is 24.0. The number of carbonyl (C=O) groups excluding carboxylic acids is 3. The van der Waals surface area contributed by atoms with Gasteiger partial charge >= 0.3 is 0 Å². The summed E-state index contributed by atoms with van der Waals surface area (Å²) in [4.78, 5) is 41.0. The predicted octanol–water partition coefficient (Wildman–Crippen LogP) is 0.0947. The first-order valence-electron chi connectivity index (χ1n) is 11.4. The molecule has 0 bridgehead atoms. The molecule has 5 rings (SSSR count). The van der Waals surface area contributed by atoms with E-state index in [4.69, 9.17) is 9.47 Å². The van der Waals surface area contributed by atoms with Gasteiger partial charge in [0.15, 0.2) is 23.5 Å². The Kier molecular flexibility index (Phi) is 5.23. The van der Waals surface area contributed by atoms with Crippen LogP contribution in [0, 0.1) is 0 Å². The summed E-state index contributed by atoms with van der Waals surface area (Å²) in [6.07, 6.45) is -2.75. The second-order valence-corrected chi connectivity index (χ2v) is 9.92. The van der Waals surface area contributed by atoms with Crippen molar-refractivity contribution in [2.75, 3.05) is 0 Å². The van der Waals surface area contributed by atoms with Gasteiger partial charge in [-0.3, -0.25) is 14.4 Å². The number of fused-ring (bicyclic) bond motifs is 3. The molecule has 1 saturated heterocycles. The Bertz CT molecular complexity index is 1210. The summed E-state index contributed by atoms with van der Waals surface area (Å²) in [6, 6.07) is 3.92. The summed E-state index contributed by atoms with van der Waals surface area (Å²) in [5.74, 6) is -3.24. The average molecular weight is 486 g/mol. The molecule has 10 nitrogen and oxygen atoms in total. The molecule has 186 valence electrons. The van der Waals surface area contributed by atoms with Crippen molar-refractivity contribution in [3.63, 3.8) is 0 Å². The first-order chi connectivity index (χ1) is 16.3. The first-order valence-corrected chi connectivity index (χ1v) is 11.4. The highest BCUT2D eigenvalue weighted by Crippen LogP contribution is 2.54. The van der Waals surface area contributed by atoms with Gasteiger partial charge in [0.05, 0.1) is 28.9 Å². The molecule has 1 aliphatic heterocycles. The zero-order chi connectivity index (χ0) is 25.5. The van der Waals surface area contributed by atoms with Gasteiger partial charge in [-0.1, -0.05) is 18.2 Å². The maximum atomic E-state index is 13.8. The number of carbonyl (C=O) groups is 3. The number of aliphatic hydroxyl groups excluding tert-OH is 2. The molecule has 0 aromatic heterocycles. The number of phenols is 1. The molecule has 1 saturated carbocycles. The van der Waals surface area contributed by atoms with Gasteiger partial charge in [-0.15, -0.1) is 0 Å². The van der Waals surface area contributed by atoms with Crippen LogP contribution < -0.4 is 0 Å². The summed E-state index contributed by atoms with van der Waals surface area (Å²) in [6.45, 7) is 2.76. The molecule has 10 heteroatoms. The molecule has 0 unspecified atom stereocenters. The number of aliphatic hydroxyl groups is 4. The van der Waals surface area contributed by atoms with Crippen molar-refractivity contribution in [2.45, 2.75) is 74.5 Å². The van der Waals surface area contributed by atoms with Crippen molar-refractivity contribution >= 4 is 17.3 Å². The van der Waals surface area contributed by atoms with Crippen molar-refractivity contribution in [3.05, 3.63) is 52.6 Å². The second kappa shape index (κ2) is 7.63. The Morgan fingerprint density at radius 3 is 2.49 bits per heavy atom. The second-order valence-electron chi connectivity index (χ2n) is 9.92. The van der Waals surface area contributed by atoms with Crippen LogP contribution in [0.2, 0.25) is 0 Å². The van der Waals surface area contributed by atoms with Crippen LogP contribution in [0.4, 0.5) is 0 Å². The largest absolute Gasteiger partial charge is 0.507 e. The minimum absolute atomic E-state index is 0.0922. The number of allylic oxidation sites excluding steroid dienone is 2. The summed E-state index contributed by atoms with van der Waals surface area (Å²) in [7, 11) is 0. The molecular formula is C25H26O10. The number of benzene rings is 1. The monoisotopic (exact) mass is 486 g/mol. The molecule has 3 aliphatic carbocycles. The Hall–Kier alpha value is -2.73. The molecule has 0 radical (unpaired) electrons. The van der Waals surface area contributed by atoms with Crippen LogP contribution >= 0.6 is 0 Å². The van der Waals surface area contributed by atoms with Crippen molar-refractivity contribution in [3.8, 4) is 5.75 Å². The standard InChI is InChI=1S/C25H26O10/c1-11-14(26)6-7-16(34-11)35-25-18-13(19(28)17-12(20(18)29)4-3-5-15(17)27)8-9-24(25,33)10-23(2,32)21(30)22(25)31/h3-5,8-9,11,14,16,21,26-27,30,32-33H,6-7,10H2,1-2H3/t11-,14-,16-,21-,23-,24-,25-/m1/s1. The van der Waals surface area contributed by atoms with Crippen LogP contribution in [-0.4, -0.2) is 84.3 Å². The lowest BCUT2D eigenvalue weighted by Crippen LogP contribution is -2.75. The van der Waals surface area contributed by atoms with E-state index >= 15 is 0 Å². The molecule has 1 heterocycles. The quantitative estimate of drug-likeness (QED) is 0.386. The van der Waals surface area contributed by atoms with E-state index in [-0.39, 0.29) is 29.5 Å². The average Bonchev–Trinajstić information content (AvgIpc) is 2.79. The van der Waals surface area contributed by atoms with Gasteiger partial charge in [0.25, 0.3) is 0 Å². The molecule has 1 aromatic rings. The molecule has 7 atom stereocenters. The summed E-state index contributed by atoms with van der Waals surface area (Å²) >= 11 is 0. The van der Waals surface area contributed by atoms with Crippen LogP contribution in [0.25, 0.3) is 0 Å². The number of Topliss-reactive ketones (excluding diaryl/α,β-unsaturated/α-hetero) is 3. The fraction of sp³-hybridized carbons (Fsp3) is 0.480. The molecular weight excluding hydrogens is 460 g/mol. The molecule has 4 aliphatic rings. The Morgan fingerprint density at radius 1 is 1.09 bits per heavy atom. The van der Waals surface area contributed by atoms with E-state index in [2.05, 4.69) is 0 Å². The Morgan fingerprint density at radius 2 is 1.80 bits per heavy atom. The van der Waals surface area contributed by atoms with E-state index in [1.807, 2.05) is 0 Å². The van der Waals surface area contributed by atoms with Crippen LogP contribution in [0.3, 0.4) is 0 Å². The number of rotatable bonds is 2. The highest BCUT2D eigenvalue weighted by atomic mass is 16.7. The van der Waals surface area contributed by atoms with E-state index in [0.717, 1.165) is 6.08 Å². The van der Waals surface area contributed by atoms with Crippen molar-refractivity contribution < 1.29 is 49.4 Å². The minimum Gasteiger partial charge on any atom is -0.507 e. The molecule has 0 spiro atoms. The lowest BCUT2D eigenvalue weighted by molar-refractivity contribution is -0.289. The van der Waals surface area contributed by atoms with Crippen LogP contribution in [0.5, 0.6) is 5.75 Å². The zero-order valence-corrected chi connectivity index (χ0v) is 19.1. The van der Waals surface area contributed by atoms with E-state index < -0.39 is 76.5 Å². The van der Waals surface area contributed by atoms with Gasteiger partial charge in [-0.05, 0) is 32.4 Å². The Labute approximate surface area is 200 Å². The predicted molar refractivity (Wildman–Crippen MR) is 118 cm³/mol. The van der Waals surface area contributed by atoms with Crippen molar-refractivity contribution in [1.29, 1.82) is 0 Å². The van der Waals surface area contributed by atoms with Crippen molar-refractivity contribution in [2.24, 2.45) is 0 Å². The fourth-order valence-corrected chi connectivity index (χ4v) is 5.62. The Balaban J connectivity index is 1.74. The lowest BCUT2D eigenvalue weighted by atomic mass is 9.56. The number of phenolic OH excluding ortho intramolecular Hbond substituents is 1. The van der Waals surface area contributed by atoms with Crippen LogP contribution in [0.15, 0.2) is 41.5 Å². The summed E-state index contributed by atoms with van der Waals surface area (Å²) < 4.78 is 11.8. The van der Waals surface area contributed by atoms with E-state index in [0.29, 0.717) is 0 Å². The van der Waals surface area contributed by atoms with Gasteiger partial charge in [-0.2, -0.15) is 0 Å². The SMILES string of the molecule is C[C@H]1O[C@H](O[C@]23C(=O)[C@@H](O)[C@](C)(O)C[C@]2(O)C=CC2=C3C(=O)c3cccc(O)c3C2=O)CC[C@H]1O. The minimum atomic E-state index is -2.60. The third kappa shape index (κ3) is 3.15. The van der Waals surface area contributed by atoms with Gasteiger partial charge < -0.3 is 35.0 Å². The smallest absolute Gasteiger partial charge is 0.204 e. The zero-order valence-electron chi connectivity index (χ0n) is 19.1. The number of ketones is 3. The van der Waals surface area contributed by atoms with Crippen molar-refractivity contribution in [1.82, 2.24) is 0 Å². The van der Waals surface area contributed by atoms with Gasteiger partial charge in [-0.25, -0.2) is 0 Å². The normalized spacial score (nSPS) is 40.9. The van der Waals surface area contributed by atoms with E-state index in [9.17, 15) is 39.9 Å². The third-order valence-electron chi connectivity index (χ3n) is 7.47. The maximum Gasteiger partial charge on any atom is 0.204 e. The number of hydrogen-bond acceptors (Lipinski definition) is 10. The third-order valence-corrected chi connectivity index (χ3v) is 7.47. The number of aromatic hydroxyl groups is 1. The number of ether oxygens (including phenoxy) is 2. The fourth-order valence-electron chi connectivity index (χ4n) is 5.62. The van der Waals surface area contributed by atoms with Crippen LogP contribution in [0.1, 0.15) is 53.8 Å². The summed E-state index contributed by atoms with van der Waals surface area (Å²) in [5.41, 5.74) is -8.21. The molecule has 1 aromatic carbocycles. The number of hydrogen-bond donors (Lipinski definition) is 5. The highest BCUT2D eigenvalue weighted by molar-refractivity contribution is 6.32. The topological polar surface area (TPSA) is 171 Å². The summed E-state index contributed by atoms with van der Waals surface area (Å²) in [5, 5.41) is 53.6. The van der Waals surface area contributed by atoms with Gasteiger partial charge in [0.1, 0.15) is 17.5 Å². The molecule has 35 heavy (non-hydrogen) atoms. The maximum absolute atomic E-state index is 13.8. The highest BCUT2D eigenvalue weighted by Gasteiger charge is 2.71.